The van der Waals surface area contributed by atoms with Crippen LogP contribution in [-0.2, 0) is 30.8 Å². The van der Waals surface area contributed by atoms with Gasteiger partial charge < -0.3 is 35.0 Å². The van der Waals surface area contributed by atoms with E-state index >= 15 is 0 Å². The molecule has 0 bridgehead atoms. The van der Waals surface area contributed by atoms with Crippen molar-refractivity contribution in [3.8, 4) is 5.75 Å². The van der Waals surface area contributed by atoms with Gasteiger partial charge >= 0.3 is 6.09 Å². The van der Waals surface area contributed by atoms with Crippen LogP contribution in [0.1, 0.15) is 98.3 Å². The van der Waals surface area contributed by atoms with Crippen LogP contribution in [0.15, 0.2) is 47.4 Å². The molecule has 0 atom stereocenters. The molecule has 1 saturated heterocycles. The maximum absolute atomic E-state index is 13.9. The molecular weight excluding hydrogens is 923 g/mol. The molecule has 6 N–H and O–H groups in total. The number of hydrogen-bond acceptors (Lipinski definition) is 14. The van der Waals surface area contributed by atoms with Gasteiger partial charge in [-0.2, -0.15) is 5.10 Å². The number of nitrogens with zero attached hydrogens (tertiary/aromatic N) is 9. The van der Waals surface area contributed by atoms with Gasteiger partial charge in [-0.05, 0) is 91.0 Å². The summed E-state index contributed by atoms with van der Waals surface area (Å²) in [6.07, 6.45) is 6.54. The molecule has 20 nitrogen and oxygen atoms in total. The molecule has 22 heteroatoms. The van der Waals surface area contributed by atoms with E-state index < -0.39 is 23.3 Å². The topological polar surface area (TPSA) is 253 Å². The van der Waals surface area contributed by atoms with E-state index in [9.17, 15) is 24.0 Å². The standard InChI is InChI=1S/C47H59N13O7S2/c1-9-31-39(69-28(4)50-31)43(64)54-45-52-33-24-30(41(49)62)26-36(68-8)38(33)59(45)16-12-11-15-58-37-32(51-44(58)53-42(63)34-22-27(3)55-60(34)10-2)23-29(40(48)61)25-35(37)66-21-13-14-56-17-19-57(20-18-56)46(65)67-47(5,6)7/h11-12,22-26H,9-10,13-21H2,1-8H3,(H2,48,61)(H2,49,62)(H,51,53,63)(H,52,54,64)/b12-11+. The fourth-order valence-electron chi connectivity index (χ4n) is 8.05. The fraction of sp³-hybridized carbons (Fsp3) is 0.426. The molecule has 1 aliphatic heterocycles. The summed E-state index contributed by atoms with van der Waals surface area (Å²) in [5, 5.41) is 11.2. The Morgan fingerprint density at radius 2 is 1.43 bits per heavy atom. The van der Waals surface area contributed by atoms with Crippen molar-refractivity contribution in [2.75, 3.05) is 56.2 Å². The molecule has 2 aromatic carbocycles. The van der Waals surface area contributed by atoms with Crippen molar-refractivity contribution < 1.29 is 33.4 Å². The highest BCUT2D eigenvalue weighted by Gasteiger charge is 2.27. The van der Waals surface area contributed by atoms with Gasteiger partial charge in [0.2, 0.25) is 23.7 Å². The normalized spacial score (nSPS) is 13.4. The molecule has 0 aliphatic carbocycles. The molecule has 5 heterocycles. The first kappa shape index (κ1) is 50.1. The van der Waals surface area contributed by atoms with E-state index in [4.69, 9.17) is 30.9 Å². The van der Waals surface area contributed by atoms with Crippen molar-refractivity contribution in [2.45, 2.75) is 91.4 Å². The molecule has 0 saturated carbocycles. The number of allylic oxidation sites excluding steroid dienone is 2. The second-order valence-electron chi connectivity index (χ2n) is 17.4. The molecule has 7 rings (SSSR count). The number of aryl methyl sites for hydroxylation is 4. The molecule has 5 amide bonds. The molecule has 1 fully saturated rings. The van der Waals surface area contributed by atoms with Crippen molar-refractivity contribution in [1.29, 1.82) is 0 Å². The number of anilines is 2. The summed E-state index contributed by atoms with van der Waals surface area (Å²) in [6, 6.07) is 8.16. The summed E-state index contributed by atoms with van der Waals surface area (Å²) in [6.45, 7) is 17.3. The summed E-state index contributed by atoms with van der Waals surface area (Å²) >= 11 is 2.72. The number of piperazine rings is 1. The van der Waals surface area contributed by atoms with Crippen LogP contribution in [-0.4, -0.2) is 125 Å². The minimum Gasteiger partial charge on any atom is -0.491 e. The Morgan fingerprint density at radius 3 is 2.03 bits per heavy atom. The molecular formula is C47H59N13O7S2. The highest BCUT2D eigenvalue weighted by Crippen LogP contribution is 2.34. The number of imidazole rings is 2. The smallest absolute Gasteiger partial charge is 0.410 e. The van der Waals surface area contributed by atoms with Crippen LogP contribution in [0.5, 0.6) is 5.75 Å². The number of ether oxygens (including phenoxy) is 2. The number of thiazole rings is 1. The lowest BCUT2D eigenvalue weighted by Crippen LogP contribution is -2.50. The van der Waals surface area contributed by atoms with Crippen LogP contribution in [0.4, 0.5) is 16.7 Å². The van der Waals surface area contributed by atoms with Crippen LogP contribution < -0.4 is 26.8 Å². The van der Waals surface area contributed by atoms with Crippen LogP contribution in [0.3, 0.4) is 0 Å². The number of nitrogens with two attached hydrogens (primary N) is 2. The Hall–Kier alpha value is -6.78. The second-order valence-corrected chi connectivity index (χ2v) is 19.5. The van der Waals surface area contributed by atoms with Gasteiger partial charge in [-0.1, -0.05) is 19.1 Å². The lowest BCUT2D eigenvalue weighted by Gasteiger charge is -2.35. The first-order valence-electron chi connectivity index (χ1n) is 22.7. The highest BCUT2D eigenvalue weighted by molar-refractivity contribution is 7.98. The summed E-state index contributed by atoms with van der Waals surface area (Å²) in [7, 11) is 0. The number of aromatic nitrogens is 7. The number of nitrogens with one attached hydrogen (secondary N) is 2. The summed E-state index contributed by atoms with van der Waals surface area (Å²) in [5.74, 6) is -1.28. The zero-order chi connectivity index (χ0) is 49.7. The number of hydrogen-bond donors (Lipinski definition) is 4. The molecule has 366 valence electrons. The predicted octanol–water partition coefficient (Wildman–Crippen LogP) is 6.24. The third kappa shape index (κ3) is 11.6. The molecule has 0 unspecified atom stereocenters. The second kappa shape index (κ2) is 21.2. The Bertz CT molecular complexity index is 2950. The zero-order valence-electron chi connectivity index (χ0n) is 40.2. The number of thioether (sulfide) groups is 1. The third-order valence-electron chi connectivity index (χ3n) is 11.3. The van der Waals surface area contributed by atoms with Crippen molar-refractivity contribution in [1.82, 2.24) is 43.7 Å². The van der Waals surface area contributed by atoms with E-state index in [0.717, 1.165) is 9.90 Å². The van der Waals surface area contributed by atoms with E-state index in [1.165, 1.54) is 23.1 Å². The zero-order valence-corrected chi connectivity index (χ0v) is 41.8. The predicted molar refractivity (Wildman–Crippen MR) is 267 cm³/mol. The van der Waals surface area contributed by atoms with Crippen LogP contribution in [0, 0.1) is 13.8 Å². The Labute approximate surface area is 407 Å². The minimum atomic E-state index is -0.675. The number of carbonyl (C=O) groups excluding carboxylic acids is 5. The van der Waals surface area contributed by atoms with Gasteiger partial charge in [-0.15, -0.1) is 23.1 Å². The number of rotatable bonds is 18. The fourth-order valence-corrected chi connectivity index (χ4v) is 9.60. The summed E-state index contributed by atoms with van der Waals surface area (Å²) < 4.78 is 17.3. The van der Waals surface area contributed by atoms with Crippen molar-refractivity contribution in [3.63, 3.8) is 0 Å². The van der Waals surface area contributed by atoms with E-state index in [2.05, 4.69) is 25.6 Å². The van der Waals surface area contributed by atoms with E-state index in [1.54, 1.807) is 44.5 Å². The van der Waals surface area contributed by atoms with E-state index in [0.29, 0.717) is 102 Å². The van der Waals surface area contributed by atoms with E-state index in [1.807, 2.05) is 71.4 Å². The lowest BCUT2D eigenvalue weighted by molar-refractivity contribution is 0.0141. The molecule has 69 heavy (non-hydrogen) atoms. The first-order valence-corrected chi connectivity index (χ1v) is 24.8. The Kier molecular flexibility index (Phi) is 15.4. The maximum Gasteiger partial charge on any atom is 0.410 e. The SMILES string of the molecule is CCc1nc(C)sc1C(=O)Nc1nc2cc(C(N)=O)cc(SC)c2n1C/C=C/Cn1c(NC(=O)c2cc(C)nn2CC)nc2cc(C(N)=O)cc(OCCCN3CCN(C(=O)OC(C)(C)C)CC3)c21. The highest BCUT2D eigenvalue weighted by atomic mass is 32.2. The van der Waals surface area contributed by atoms with Crippen molar-refractivity contribution >= 4 is 86.8 Å². The van der Waals surface area contributed by atoms with Crippen LogP contribution >= 0.6 is 23.1 Å². The summed E-state index contributed by atoms with van der Waals surface area (Å²) in [5.41, 5.74) is 15.2. The molecule has 6 aromatic rings. The average molecular weight is 982 g/mol. The Balaban J connectivity index is 1.19. The molecule has 4 aromatic heterocycles. The third-order valence-corrected chi connectivity index (χ3v) is 13.0. The number of benzene rings is 2. The van der Waals surface area contributed by atoms with Gasteiger partial charge in [0, 0.05) is 68.4 Å². The largest absolute Gasteiger partial charge is 0.491 e. The van der Waals surface area contributed by atoms with Gasteiger partial charge in [0.1, 0.15) is 27.4 Å². The molecule has 0 radical (unpaired) electrons. The Morgan fingerprint density at radius 1 is 0.826 bits per heavy atom. The van der Waals surface area contributed by atoms with Gasteiger partial charge in [-0.25, -0.2) is 19.7 Å². The van der Waals surface area contributed by atoms with Crippen molar-refractivity contribution in [3.05, 3.63) is 80.6 Å². The van der Waals surface area contributed by atoms with Gasteiger partial charge in [0.25, 0.3) is 11.8 Å². The van der Waals surface area contributed by atoms with Crippen LogP contribution in [0.2, 0.25) is 0 Å². The van der Waals surface area contributed by atoms with Crippen LogP contribution in [0.25, 0.3) is 22.1 Å². The molecule has 0 spiro atoms. The maximum atomic E-state index is 13.9. The van der Waals surface area contributed by atoms with Gasteiger partial charge in [-0.3, -0.25) is 39.4 Å². The van der Waals surface area contributed by atoms with E-state index in [-0.39, 0.29) is 54.7 Å². The number of carbonyl (C=O) groups is 5. The molecule has 1 aliphatic rings. The number of amides is 5. The lowest BCUT2D eigenvalue weighted by atomic mass is 10.1. The first-order chi connectivity index (χ1) is 32.9. The monoisotopic (exact) mass is 981 g/mol. The van der Waals surface area contributed by atoms with Gasteiger partial charge in [0.15, 0.2) is 0 Å². The van der Waals surface area contributed by atoms with Crippen molar-refractivity contribution in [2.24, 2.45) is 11.5 Å². The summed E-state index contributed by atoms with van der Waals surface area (Å²) in [4.78, 5) is 84.7. The number of fused-ring (bicyclic) bond motifs is 2. The average Bonchev–Trinajstić information content (AvgIpc) is 4.07. The quantitative estimate of drug-likeness (QED) is 0.0423. The van der Waals surface area contributed by atoms with Gasteiger partial charge in [0.05, 0.1) is 39.6 Å². The number of primary amides is 2. The minimum absolute atomic E-state index is 0.169.